The molecule has 2 aliphatic heterocycles. The Morgan fingerprint density at radius 2 is 1.81 bits per heavy atom. The van der Waals surface area contributed by atoms with Crippen molar-refractivity contribution in [1.29, 1.82) is 0 Å². The topological polar surface area (TPSA) is 99.5 Å². The molecule has 1 saturated carbocycles. The molecule has 3 aliphatic rings. The normalized spacial score (nSPS) is 18.9. The van der Waals surface area contributed by atoms with Gasteiger partial charge in [-0.05, 0) is 38.4 Å². The Kier molecular flexibility index (Phi) is 6.04. The summed E-state index contributed by atoms with van der Waals surface area (Å²) in [5, 5.41) is 3.51. The van der Waals surface area contributed by atoms with Gasteiger partial charge in [-0.3, -0.25) is 9.59 Å². The van der Waals surface area contributed by atoms with E-state index in [1.807, 2.05) is 38.6 Å². The van der Waals surface area contributed by atoms with Gasteiger partial charge in [-0.1, -0.05) is 12.1 Å². The quantitative estimate of drug-likeness (QED) is 0.544. The number of fused-ring (bicyclic) bond motifs is 1. The zero-order valence-corrected chi connectivity index (χ0v) is 20.7. The molecule has 10 nitrogen and oxygen atoms in total. The highest BCUT2D eigenvalue weighted by Crippen LogP contribution is 2.30. The number of rotatable bonds is 7. The molecule has 2 saturated heterocycles. The highest BCUT2D eigenvalue weighted by Gasteiger charge is 2.25. The number of likely N-dealkylation sites (N-methyl/N-ethyl adjacent to an activating group) is 1. The van der Waals surface area contributed by atoms with Gasteiger partial charge < -0.3 is 24.6 Å². The minimum absolute atomic E-state index is 0.0663. The fourth-order valence-corrected chi connectivity index (χ4v) is 4.88. The first-order valence-corrected chi connectivity index (χ1v) is 12.9. The van der Waals surface area contributed by atoms with Crippen LogP contribution in [0.15, 0.2) is 30.6 Å². The highest BCUT2D eigenvalue weighted by atomic mass is 16.2. The van der Waals surface area contributed by atoms with Crippen molar-refractivity contribution < 1.29 is 9.59 Å². The molecule has 10 heteroatoms. The fraction of sp³-hybridized carbons (Fsp3) is 0.500. The lowest BCUT2D eigenvalue weighted by Crippen LogP contribution is -2.47. The van der Waals surface area contributed by atoms with Crippen molar-refractivity contribution >= 4 is 28.8 Å². The smallest absolute Gasteiger partial charge is 0.253 e. The number of benzene rings is 1. The van der Waals surface area contributed by atoms with Crippen LogP contribution in [-0.2, 0) is 11.3 Å². The number of amides is 2. The minimum Gasteiger partial charge on any atom is -0.365 e. The van der Waals surface area contributed by atoms with Gasteiger partial charge in [0.15, 0.2) is 17.3 Å². The van der Waals surface area contributed by atoms with Crippen molar-refractivity contribution in [3.8, 4) is 11.4 Å². The van der Waals surface area contributed by atoms with Crippen molar-refractivity contribution in [2.24, 2.45) is 0 Å². The molecule has 1 aliphatic carbocycles. The van der Waals surface area contributed by atoms with Gasteiger partial charge in [-0.2, -0.15) is 0 Å². The van der Waals surface area contributed by atoms with Crippen molar-refractivity contribution in [3.63, 3.8) is 0 Å². The van der Waals surface area contributed by atoms with Crippen molar-refractivity contribution in [2.75, 3.05) is 51.6 Å². The predicted molar refractivity (Wildman–Crippen MR) is 137 cm³/mol. The first-order valence-electron chi connectivity index (χ1n) is 12.9. The largest absolute Gasteiger partial charge is 0.365 e. The third-order valence-electron chi connectivity index (χ3n) is 7.34. The molecule has 2 aromatic heterocycles. The predicted octanol–water partition coefficient (Wildman–Crippen LogP) is 2.08. The summed E-state index contributed by atoms with van der Waals surface area (Å²) in [5.41, 5.74) is 3.04. The first-order chi connectivity index (χ1) is 17.5. The van der Waals surface area contributed by atoms with E-state index < -0.39 is 0 Å². The molecule has 188 valence electrons. The number of imidazole rings is 1. The number of anilines is 1. The number of nitrogens with one attached hydrogen (secondary N) is 1. The number of aromatic nitrogens is 4. The second kappa shape index (κ2) is 9.50. The van der Waals surface area contributed by atoms with Crippen LogP contribution >= 0.6 is 0 Å². The Bertz CT molecular complexity index is 1280. The van der Waals surface area contributed by atoms with Crippen molar-refractivity contribution in [1.82, 2.24) is 34.2 Å². The van der Waals surface area contributed by atoms with Crippen LogP contribution in [0.2, 0.25) is 0 Å². The summed E-state index contributed by atoms with van der Waals surface area (Å²) in [7, 11) is 2.08. The van der Waals surface area contributed by atoms with E-state index in [9.17, 15) is 9.59 Å². The monoisotopic (exact) mass is 488 g/mol. The molecule has 3 aromatic rings. The molecule has 0 atom stereocenters. The summed E-state index contributed by atoms with van der Waals surface area (Å²) in [6.45, 7) is 5.40. The average Bonchev–Trinajstić information content (AvgIpc) is 3.47. The van der Waals surface area contributed by atoms with Crippen LogP contribution in [0.1, 0.15) is 36.0 Å². The van der Waals surface area contributed by atoms with Gasteiger partial charge in [0.2, 0.25) is 5.91 Å². The van der Waals surface area contributed by atoms with E-state index in [2.05, 4.69) is 22.2 Å². The molecule has 0 bridgehead atoms. The SMILES string of the molecule is CN1CCN(C(=O)c2ccc(-c3nc(NC4CC4)c4ncn(CCN5CCCC5=O)c4n3)cc2)CC1. The number of hydrogen-bond acceptors (Lipinski definition) is 7. The van der Waals surface area contributed by atoms with Gasteiger partial charge in [0.1, 0.15) is 5.52 Å². The van der Waals surface area contributed by atoms with Crippen LogP contribution in [0, 0.1) is 0 Å². The lowest BCUT2D eigenvalue weighted by molar-refractivity contribution is -0.127. The molecule has 36 heavy (non-hydrogen) atoms. The van der Waals surface area contributed by atoms with E-state index in [4.69, 9.17) is 9.97 Å². The van der Waals surface area contributed by atoms with Gasteiger partial charge >= 0.3 is 0 Å². The lowest BCUT2D eigenvalue weighted by Gasteiger charge is -2.32. The Hall–Kier alpha value is -3.53. The zero-order valence-electron chi connectivity index (χ0n) is 20.7. The van der Waals surface area contributed by atoms with Gasteiger partial charge in [0.05, 0.1) is 6.33 Å². The minimum atomic E-state index is 0.0663. The summed E-state index contributed by atoms with van der Waals surface area (Å²) in [6, 6.07) is 8.01. The van der Waals surface area contributed by atoms with Crippen LogP contribution in [-0.4, -0.2) is 98.4 Å². The maximum atomic E-state index is 13.0. The number of carbonyl (C=O) groups excluding carboxylic acids is 2. The molecule has 0 spiro atoms. The third kappa shape index (κ3) is 4.65. The van der Waals surface area contributed by atoms with Gasteiger partial charge in [0.25, 0.3) is 5.91 Å². The molecule has 2 amide bonds. The molecule has 6 rings (SSSR count). The second-order valence-corrected chi connectivity index (χ2v) is 10.1. The highest BCUT2D eigenvalue weighted by molar-refractivity contribution is 5.95. The third-order valence-corrected chi connectivity index (χ3v) is 7.34. The lowest BCUT2D eigenvalue weighted by atomic mass is 10.1. The van der Waals surface area contributed by atoms with E-state index in [0.717, 1.165) is 74.5 Å². The van der Waals surface area contributed by atoms with Crippen LogP contribution < -0.4 is 5.32 Å². The molecule has 4 heterocycles. The summed E-state index contributed by atoms with van der Waals surface area (Å²) in [6.07, 6.45) is 5.61. The van der Waals surface area contributed by atoms with Gasteiger partial charge in [-0.25, -0.2) is 15.0 Å². The number of nitrogens with zero attached hydrogens (tertiary/aromatic N) is 7. The van der Waals surface area contributed by atoms with E-state index >= 15 is 0 Å². The first kappa shape index (κ1) is 22.9. The molecule has 0 radical (unpaired) electrons. The zero-order chi connectivity index (χ0) is 24.6. The number of hydrogen-bond donors (Lipinski definition) is 1. The summed E-state index contributed by atoms with van der Waals surface area (Å²) < 4.78 is 2.01. The molecule has 3 fully saturated rings. The Labute approximate surface area is 210 Å². The van der Waals surface area contributed by atoms with Crippen LogP contribution in [0.3, 0.4) is 0 Å². The maximum Gasteiger partial charge on any atom is 0.253 e. The molecule has 1 N–H and O–H groups in total. The molecule has 0 unspecified atom stereocenters. The van der Waals surface area contributed by atoms with Crippen molar-refractivity contribution in [2.45, 2.75) is 38.3 Å². The van der Waals surface area contributed by atoms with Crippen LogP contribution in [0.5, 0.6) is 0 Å². The van der Waals surface area contributed by atoms with Crippen LogP contribution in [0.25, 0.3) is 22.6 Å². The Morgan fingerprint density at radius 1 is 1.03 bits per heavy atom. The molecular formula is C26H32N8O2. The summed E-state index contributed by atoms with van der Waals surface area (Å²) in [4.78, 5) is 45.4. The van der Waals surface area contributed by atoms with Crippen LogP contribution in [0.4, 0.5) is 5.82 Å². The standard InChI is InChI=1S/C26H32N8O2/c1-31-11-13-33(14-12-31)26(36)19-6-4-18(5-7-19)23-29-24(28-20-8-9-20)22-25(30-23)34(17-27-22)16-15-32-10-2-3-21(32)35/h4-7,17,20H,2-3,8-16H2,1H3,(H,28,29,30). The van der Waals surface area contributed by atoms with Crippen molar-refractivity contribution in [3.05, 3.63) is 36.2 Å². The summed E-state index contributed by atoms with van der Waals surface area (Å²) >= 11 is 0. The average molecular weight is 489 g/mol. The number of likely N-dealkylation sites (tertiary alicyclic amines) is 1. The Balaban J connectivity index is 1.26. The Morgan fingerprint density at radius 3 is 2.50 bits per heavy atom. The van der Waals surface area contributed by atoms with E-state index in [0.29, 0.717) is 36.9 Å². The fourth-order valence-electron chi connectivity index (χ4n) is 4.88. The van der Waals surface area contributed by atoms with E-state index in [-0.39, 0.29) is 11.8 Å². The van der Waals surface area contributed by atoms with E-state index in [1.54, 1.807) is 6.33 Å². The van der Waals surface area contributed by atoms with Gasteiger partial charge in [-0.15, -0.1) is 0 Å². The summed E-state index contributed by atoms with van der Waals surface area (Å²) in [5.74, 6) is 1.63. The maximum absolute atomic E-state index is 13.0. The number of piperazine rings is 1. The molecular weight excluding hydrogens is 456 g/mol. The molecule has 1 aromatic carbocycles. The van der Waals surface area contributed by atoms with E-state index in [1.165, 1.54) is 0 Å². The second-order valence-electron chi connectivity index (χ2n) is 10.1. The number of carbonyl (C=O) groups is 2. The van der Waals surface area contributed by atoms with Gasteiger partial charge in [0, 0.05) is 69.4 Å².